The predicted molar refractivity (Wildman–Crippen MR) is 65.6 cm³/mol. The quantitative estimate of drug-likeness (QED) is 0.771. The number of rotatable bonds is 5. The molecule has 0 aliphatic carbocycles. The standard InChI is InChI=1S/C9H11N3S3/c1-2-3-8-11-7(4-13-8)5-14-9-12-10-6-15-9/h4,6H,2-3,5H2,1H3. The van der Waals surface area contributed by atoms with Crippen molar-refractivity contribution in [1.82, 2.24) is 15.2 Å². The Morgan fingerprint density at radius 1 is 1.40 bits per heavy atom. The fourth-order valence-corrected chi connectivity index (χ4v) is 3.49. The smallest absolute Gasteiger partial charge is 0.174 e. The first-order valence-electron chi connectivity index (χ1n) is 4.70. The molecule has 0 unspecified atom stereocenters. The van der Waals surface area contributed by atoms with Gasteiger partial charge in [-0.1, -0.05) is 30.0 Å². The lowest BCUT2D eigenvalue weighted by Gasteiger charge is -1.92. The summed E-state index contributed by atoms with van der Waals surface area (Å²) in [5.74, 6) is 0.898. The van der Waals surface area contributed by atoms with E-state index in [1.165, 1.54) is 5.01 Å². The molecule has 0 radical (unpaired) electrons. The number of aromatic nitrogens is 3. The van der Waals surface area contributed by atoms with Crippen molar-refractivity contribution in [2.75, 3.05) is 0 Å². The second kappa shape index (κ2) is 5.58. The molecule has 2 aromatic rings. The molecule has 15 heavy (non-hydrogen) atoms. The van der Waals surface area contributed by atoms with E-state index in [9.17, 15) is 0 Å². The minimum atomic E-state index is 0.898. The summed E-state index contributed by atoms with van der Waals surface area (Å²) < 4.78 is 1.01. The van der Waals surface area contributed by atoms with Crippen molar-refractivity contribution in [2.24, 2.45) is 0 Å². The third-order valence-electron chi connectivity index (χ3n) is 1.75. The Labute approximate surface area is 101 Å². The van der Waals surface area contributed by atoms with Gasteiger partial charge in [0, 0.05) is 11.1 Å². The Balaban J connectivity index is 1.88. The second-order valence-electron chi connectivity index (χ2n) is 2.98. The van der Waals surface area contributed by atoms with Gasteiger partial charge in [0.25, 0.3) is 0 Å². The zero-order valence-electron chi connectivity index (χ0n) is 8.34. The van der Waals surface area contributed by atoms with Crippen LogP contribution in [-0.2, 0) is 12.2 Å². The molecule has 2 heterocycles. The number of thioether (sulfide) groups is 1. The highest BCUT2D eigenvalue weighted by Crippen LogP contribution is 2.24. The van der Waals surface area contributed by atoms with Crippen LogP contribution in [0, 0.1) is 0 Å². The van der Waals surface area contributed by atoms with Crippen LogP contribution >= 0.6 is 34.4 Å². The van der Waals surface area contributed by atoms with Gasteiger partial charge in [0.2, 0.25) is 0 Å². The van der Waals surface area contributed by atoms with Gasteiger partial charge in [0.05, 0.1) is 10.7 Å². The molecule has 2 rings (SSSR count). The van der Waals surface area contributed by atoms with Crippen LogP contribution in [0.2, 0.25) is 0 Å². The first-order chi connectivity index (χ1) is 7.38. The predicted octanol–water partition coefficient (Wildman–Crippen LogP) is 3.24. The van der Waals surface area contributed by atoms with Gasteiger partial charge in [-0.05, 0) is 12.8 Å². The van der Waals surface area contributed by atoms with E-state index >= 15 is 0 Å². The summed E-state index contributed by atoms with van der Waals surface area (Å²) in [5, 5.41) is 11.2. The van der Waals surface area contributed by atoms with E-state index in [-0.39, 0.29) is 0 Å². The molecule has 0 spiro atoms. The van der Waals surface area contributed by atoms with Crippen LogP contribution in [-0.4, -0.2) is 15.2 Å². The van der Waals surface area contributed by atoms with Gasteiger partial charge >= 0.3 is 0 Å². The summed E-state index contributed by atoms with van der Waals surface area (Å²) in [4.78, 5) is 4.55. The van der Waals surface area contributed by atoms with Crippen LogP contribution in [0.4, 0.5) is 0 Å². The normalized spacial score (nSPS) is 10.7. The maximum atomic E-state index is 4.55. The van der Waals surface area contributed by atoms with Gasteiger partial charge in [0.1, 0.15) is 5.51 Å². The van der Waals surface area contributed by atoms with Crippen molar-refractivity contribution >= 4 is 34.4 Å². The second-order valence-corrected chi connectivity index (χ2v) is 5.97. The van der Waals surface area contributed by atoms with Crippen molar-refractivity contribution in [1.29, 1.82) is 0 Å². The lowest BCUT2D eigenvalue weighted by Crippen LogP contribution is -1.84. The van der Waals surface area contributed by atoms with Crippen LogP contribution in [0.15, 0.2) is 15.2 Å². The summed E-state index contributed by atoms with van der Waals surface area (Å²) in [6, 6.07) is 0. The minimum absolute atomic E-state index is 0.898. The molecule has 0 aromatic carbocycles. The number of hydrogen-bond donors (Lipinski definition) is 0. The molecule has 80 valence electrons. The summed E-state index contributed by atoms with van der Waals surface area (Å²) in [7, 11) is 0. The lowest BCUT2D eigenvalue weighted by atomic mass is 10.3. The first-order valence-corrected chi connectivity index (χ1v) is 7.45. The average Bonchev–Trinajstić information content (AvgIpc) is 2.85. The van der Waals surface area contributed by atoms with Gasteiger partial charge in [-0.25, -0.2) is 4.98 Å². The zero-order chi connectivity index (χ0) is 10.5. The van der Waals surface area contributed by atoms with E-state index in [2.05, 4.69) is 27.5 Å². The molecule has 0 N–H and O–H groups in total. The molecule has 0 saturated carbocycles. The van der Waals surface area contributed by atoms with Crippen LogP contribution < -0.4 is 0 Å². The van der Waals surface area contributed by atoms with Crippen molar-refractivity contribution < 1.29 is 0 Å². The van der Waals surface area contributed by atoms with E-state index in [0.29, 0.717) is 0 Å². The average molecular weight is 257 g/mol. The molecule has 0 saturated heterocycles. The minimum Gasteiger partial charge on any atom is -0.245 e. The van der Waals surface area contributed by atoms with Crippen molar-refractivity contribution in [3.63, 3.8) is 0 Å². The van der Waals surface area contributed by atoms with Crippen molar-refractivity contribution in [3.05, 3.63) is 21.6 Å². The highest BCUT2D eigenvalue weighted by atomic mass is 32.2. The van der Waals surface area contributed by atoms with Crippen LogP contribution in [0.5, 0.6) is 0 Å². The van der Waals surface area contributed by atoms with Crippen molar-refractivity contribution in [2.45, 2.75) is 29.9 Å². The van der Waals surface area contributed by atoms with Crippen LogP contribution in [0.25, 0.3) is 0 Å². The fraction of sp³-hybridized carbons (Fsp3) is 0.444. The van der Waals surface area contributed by atoms with Crippen LogP contribution in [0.1, 0.15) is 24.0 Å². The highest BCUT2D eigenvalue weighted by molar-refractivity contribution is 8.00. The summed E-state index contributed by atoms with van der Waals surface area (Å²) in [5.41, 5.74) is 2.91. The summed E-state index contributed by atoms with van der Waals surface area (Å²) >= 11 is 5.03. The molecule has 6 heteroatoms. The third kappa shape index (κ3) is 3.25. The number of hydrogen-bond acceptors (Lipinski definition) is 6. The zero-order valence-corrected chi connectivity index (χ0v) is 10.8. The van der Waals surface area contributed by atoms with E-state index in [0.717, 1.165) is 28.6 Å². The summed E-state index contributed by atoms with van der Waals surface area (Å²) in [6.45, 7) is 2.18. The lowest BCUT2D eigenvalue weighted by molar-refractivity contribution is 0.902. The summed E-state index contributed by atoms with van der Waals surface area (Å²) in [6.07, 6.45) is 2.25. The Bertz CT molecular complexity index is 396. The molecule has 0 aliphatic rings. The third-order valence-corrected chi connectivity index (χ3v) is 4.60. The molecular formula is C9H11N3S3. The molecule has 3 nitrogen and oxygen atoms in total. The SMILES string of the molecule is CCCc1nc(CSc2nncs2)cs1. The topological polar surface area (TPSA) is 38.7 Å². The van der Waals surface area contributed by atoms with Gasteiger partial charge < -0.3 is 0 Å². The number of nitrogens with zero attached hydrogens (tertiary/aromatic N) is 3. The van der Waals surface area contributed by atoms with Crippen LogP contribution in [0.3, 0.4) is 0 Å². The molecule has 0 fully saturated rings. The van der Waals surface area contributed by atoms with E-state index in [1.54, 1.807) is 39.9 Å². The molecule has 0 aliphatic heterocycles. The number of thiazole rings is 1. The van der Waals surface area contributed by atoms with Gasteiger partial charge in [-0.2, -0.15) is 0 Å². The molecule has 0 bridgehead atoms. The molecule has 0 amide bonds. The molecule has 0 atom stereocenters. The van der Waals surface area contributed by atoms with E-state index in [1.807, 2.05) is 0 Å². The Morgan fingerprint density at radius 3 is 3.07 bits per heavy atom. The highest BCUT2D eigenvalue weighted by Gasteiger charge is 2.03. The maximum Gasteiger partial charge on any atom is 0.174 e. The van der Waals surface area contributed by atoms with Gasteiger partial charge in [0.15, 0.2) is 4.34 Å². The molecule has 2 aromatic heterocycles. The monoisotopic (exact) mass is 257 g/mol. The first kappa shape index (κ1) is 11.0. The van der Waals surface area contributed by atoms with Gasteiger partial charge in [-0.3, -0.25) is 0 Å². The largest absolute Gasteiger partial charge is 0.245 e. The van der Waals surface area contributed by atoms with E-state index < -0.39 is 0 Å². The van der Waals surface area contributed by atoms with Crippen molar-refractivity contribution in [3.8, 4) is 0 Å². The fourth-order valence-electron chi connectivity index (χ4n) is 1.11. The Kier molecular flexibility index (Phi) is 4.10. The molecular weight excluding hydrogens is 246 g/mol. The van der Waals surface area contributed by atoms with E-state index in [4.69, 9.17) is 0 Å². The van der Waals surface area contributed by atoms with Gasteiger partial charge in [-0.15, -0.1) is 21.5 Å². The number of aryl methyl sites for hydroxylation is 1. The maximum absolute atomic E-state index is 4.55. The Hall–Kier alpha value is -0.460. The Morgan fingerprint density at radius 2 is 2.33 bits per heavy atom.